The molecular formula is C30H32ClN5O5. The van der Waals surface area contributed by atoms with Crippen molar-refractivity contribution in [1.82, 2.24) is 25.1 Å². The molecule has 2 saturated heterocycles. The lowest BCUT2D eigenvalue weighted by atomic mass is 9.98. The Kier molecular flexibility index (Phi) is 8.32. The van der Waals surface area contributed by atoms with Crippen LogP contribution in [0, 0.1) is 0 Å². The first-order chi connectivity index (χ1) is 19.7. The number of amides is 4. The topological polar surface area (TPSA) is 106 Å². The van der Waals surface area contributed by atoms with Crippen molar-refractivity contribution in [2.45, 2.75) is 31.7 Å². The molecule has 2 aliphatic heterocycles. The SMILES string of the molecule is COc1ccc(CNC(=O)N2C3CN(Cc4ccccc4Cl)C(=O)[C@H](Cc4ccc(O)cc4)N3C(=O)CN2C)cc1. The van der Waals surface area contributed by atoms with Crippen LogP contribution in [0.4, 0.5) is 4.79 Å². The Balaban J connectivity index is 1.44. The molecule has 3 aromatic rings. The van der Waals surface area contributed by atoms with Crippen molar-refractivity contribution in [2.24, 2.45) is 0 Å². The van der Waals surface area contributed by atoms with Crippen LogP contribution in [0.15, 0.2) is 72.8 Å². The van der Waals surface area contributed by atoms with Crippen molar-refractivity contribution >= 4 is 29.4 Å². The van der Waals surface area contributed by atoms with Gasteiger partial charge in [-0.1, -0.05) is 54.1 Å². The zero-order valence-electron chi connectivity index (χ0n) is 22.9. The van der Waals surface area contributed by atoms with E-state index in [0.717, 1.165) is 22.4 Å². The van der Waals surface area contributed by atoms with Crippen molar-refractivity contribution in [3.05, 3.63) is 94.5 Å². The Morgan fingerprint density at radius 2 is 1.71 bits per heavy atom. The highest BCUT2D eigenvalue weighted by Gasteiger charge is 2.50. The van der Waals surface area contributed by atoms with Gasteiger partial charge >= 0.3 is 6.03 Å². The van der Waals surface area contributed by atoms with Gasteiger partial charge in [0.05, 0.1) is 20.2 Å². The van der Waals surface area contributed by atoms with Crippen molar-refractivity contribution in [3.63, 3.8) is 0 Å². The van der Waals surface area contributed by atoms with Crippen molar-refractivity contribution in [2.75, 3.05) is 27.2 Å². The maximum absolute atomic E-state index is 13.9. The number of carbonyl (C=O) groups excluding carboxylic acids is 3. The molecule has 0 bridgehead atoms. The van der Waals surface area contributed by atoms with Crippen molar-refractivity contribution in [3.8, 4) is 11.5 Å². The van der Waals surface area contributed by atoms with E-state index in [-0.39, 0.29) is 56.2 Å². The Morgan fingerprint density at radius 3 is 2.39 bits per heavy atom. The third kappa shape index (κ3) is 6.08. The third-order valence-corrected chi connectivity index (χ3v) is 7.80. The summed E-state index contributed by atoms with van der Waals surface area (Å²) in [5.74, 6) is 0.351. The van der Waals surface area contributed by atoms with E-state index in [4.69, 9.17) is 16.3 Å². The minimum atomic E-state index is -0.848. The fourth-order valence-electron chi connectivity index (χ4n) is 5.34. The lowest BCUT2D eigenvalue weighted by molar-refractivity contribution is -0.187. The van der Waals surface area contributed by atoms with E-state index < -0.39 is 12.2 Å². The molecule has 2 N–H and O–H groups in total. The van der Waals surface area contributed by atoms with E-state index in [0.29, 0.717) is 5.02 Å². The number of ether oxygens (including phenoxy) is 1. The molecule has 0 spiro atoms. The lowest BCUT2D eigenvalue weighted by Crippen LogP contribution is -2.76. The average Bonchev–Trinajstić information content (AvgIpc) is 2.96. The van der Waals surface area contributed by atoms with Crippen LogP contribution in [0.25, 0.3) is 0 Å². The third-order valence-electron chi connectivity index (χ3n) is 7.43. The maximum Gasteiger partial charge on any atom is 0.334 e. The summed E-state index contributed by atoms with van der Waals surface area (Å²) < 4.78 is 5.21. The summed E-state index contributed by atoms with van der Waals surface area (Å²) >= 11 is 6.44. The Morgan fingerprint density at radius 1 is 1.02 bits per heavy atom. The molecule has 4 amide bonds. The number of likely N-dealkylation sites (N-methyl/N-ethyl adjacent to an activating group) is 1. The molecule has 0 radical (unpaired) electrons. The number of hydrogen-bond acceptors (Lipinski definition) is 6. The summed E-state index contributed by atoms with van der Waals surface area (Å²) in [6, 6.07) is 20.0. The number of urea groups is 1. The monoisotopic (exact) mass is 577 g/mol. The number of hydrogen-bond donors (Lipinski definition) is 2. The van der Waals surface area contributed by atoms with E-state index in [1.807, 2.05) is 42.5 Å². The zero-order chi connectivity index (χ0) is 29.1. The number of methoxy groups -OCH3 is 1. The number of carbonyl (C=O) groups is 3. The van der Waals surface area contributed by atoms with E-state index in [9.17, 15) is 19.5 Å². The highest BCUT2D eigenvalue weighted by molar-refractivity contribution is 6.31. The van der Waals surface area contributed by atoms with E-state index in [1.165, 1.54) is 9.91 Å². The molecule has 1 unspecified atom stereocenters. The first kappa shape index (κ1) is 28.3. The predicted octanol–water partition coefficient (Wildman–Crippen LogP) is 3.23. The molecule has 5 rings (SSSR count). The van der Waals surface area contributed by atoms with Crippen molar-refractivity contribution < 1.29 is 24.2 Å². The number of phenols is 1. The van der Waals surface area contributed by atoms with E-state index in [2.05, 4.69) is 5.32 Å². The van der Waals surface area contributed by atoms with Gasteiger partial charge in [0.1, 0.15) is 23.7 Å². The Labute approximate surface area is 243 Å². The molecule has 214 valence electrons. The molecule has 2 aliphatic rings. The number of hydrazine groups is 1. The Hall–Kier alpha value is -4.28. The number of rotatable bonds is 7. The quantitative estimate of drug-likeness (QED) is 0.447. The summed E-state index contributed by atoms with van der Waals surface area (Å²) in [5, 5.41) is 16.3. The number of nitrogens with one attached hydrogen (secondary N) is 1. The first-order valence-corrected chi connectivity index (χ1v) is 13.6. The summed E-state index contributed by atoms with van der Waals surface area (Å²) in [5.41, 5.74) is 2.43. The molecule has 2 heterocycles. The molecule has 41 heavy (non-hydrogen) atoms. The molecule has 3 aromatic carbocycles. The first-order valence-electron chi connectivity index (χ1n) is 13.3. The number of halogens is 1. The average molecular weight is 578 g/mol. The smallest absolute Gasteiger partial charge is 0.334 e. The summed E-state index contributed by atoms with van der Waals surface area (Å²) in [6.07, 6.45) is -0.509. The van der Waals surface area contributed by atoms with E-state index in [1.54, 1.807) is 54.4 Å². The van der Waals surface area contributed by atoms with Crippen LogP contribution in [-0.4, -0.2) is 82.2 Å². The molecule has 2 atom stereocenters. The summed E-state index contributed by atoms with van der Waals surface area (Å²) in [4.78, 5) is 44.2. The van der Waals surface area contributed by atoms with Crippen LogP contribution in [0.2, 0.25) is 5.02 Å². The summed E-state index contributed by atoms with van der Waals surface area (Å²) in [6.45, 7) is 0.555. The van der Waals surface area contributed by atoms with Crippen molar-refractivity contribution in [1.29, 1.82) is 0 Å². The lowest BCUT2D eigenvalue weighted by Gasteiger charge is -2.54. The second kappa shape index (κ2) is 12.1. The fraction of sp³-hybridized carbons (Fsp3) is 0.300. The van der Waals surface area contributed by atoms with Gasteiger partial charge in [-0.2, -0.15) is 0 Å². The van der Waals surface area contributed by atoms with Gasteiger partial charge in [-0.05, 0) is 47.0 Å². The van der Waals surface area contributed by atoms with Crippen LogP contribution in [0.1, 0.15) is 16.7 Å². The number of benzene rings is 3. The van der Waals surface area contributed by atoms with E-state index >= 15 is 0 Å². The molecule has 11 heteroatoms. The van der Waals surface area contributed by atoms with Gasteiger partial charge in [0.2, 0.25) is 11.8 Å². The van der Waals surface area contributed by atoms with Gasteiger partial charge in [-0.15, -0.1) is 0 Å². The number of nitrogens with zero attached hydrogens (tertiary/aromatic N) is 4. The molecule has 0 saturated carbocycles. The highest BCUT2D eigenvalue weighted by atomic mass is 35.5. The summed E-state index contributed by atoms with van der Waals surface area (Å²) in [7, 11) is 3.28. The van der Waals surface area contributed by atoms with Crippen LogP contribution in [0.3, 0.4) is 0 Å². The molecule has 0 aliphatic carbocycles. The molecule has 2 fully saturated rings. The number of fused-ring (bicyclic) bond motifs is 1. The minimum Gasteiger partial charge on any atom is -0.508 e. The zero-order valence-corrected chi connectivity index (χ0v) is 23.6. The highest BCUT2D eigenvalue weighted by Crippen LogP contribution is 2.30. The van der Waals surface area contributed by atoms with Crippen LogP contribution in [-0.2, 0) is 29.1 Å². The number of piperazine rings is 1. The molecular weight excluding hydrogens is 546 g/mol. The van der Waals surface area contributed by atoms with Gasteiger partial charge in [-0.3, -0.25) is 9.59 Å². The maximum atomic E-state index is 13.9. The standard InChI is InChI=1S/C30H32ClN5O5/c1-33-19-28(38)35-26(15-20-7-11-23(37)12-8-20)29(39)34(17-22-5-3-4-6-25(22)31)18-27(35)36(33)30(40)32-16-21-9-13-24(41-2)14-10-21/h3-14,26-27,37H,15-19H2,1-2H3,(H,32,40)/t26-,27?/m0/s1. The second-order valence-electron chi connectivity index (χ2n) is 10.1. The molecule has 10 nitrogen and oxygen atoms in total. The number of aromatic hydroxyl groups is 1. The normalized spacial score (nSPS) is 19.2. The van der Waals surface area contributed by atoms with Crippen LogP contribution >= 0.6 is 11.6 Å². The van der Waals surface area contributed by atoms with Gasteiger partial charge in [-0.25, -0.2) is 14.8 Å². The second-order valence-corrected chi connectivity index (χ2v) is 10.6. The minimum absolute atomic E-state index is 0.0592. The van der Waals surface area contributed by atoms with Crippen LogP contribution < -0.4 is 10.1 Å². The van der Waals surface area contributed by atoms with Gasteiger partial charge in [0.15, 0.2) is 0 Å². The largest absolute Gasteiger partial charge is 0.508 e. The fourth-order valence-corrected chi connectivity index (χ4v) is 5.53. The predicted molar refractivity (Wildman–Crippen MR) is 153 cm³/mol. The number of phenolic OH excluding ortho intramolecular Hbond substituents is 1. The van der Waals surface area contributed by atoms with Gasteiger partial charge in [0.25, 0.3) is 0 Å². The molecule has 0 aromatic heterocycles. The van der Waals surface area contributed by atoms with Gasteiger partial charge in [0, 0.05) is 31.6 Å². The van der Waals surface area contributed by atoms with Gasteiger partial charge < -0.3 is 25.0 Å². The Bertz CT molecular complexity index is 1420. The van der Waals surface area contributed by atoms with Crippen LogP contribution in [0.5, 0.6) is 11.5 Å².